The fourth-order valence-corrected chi connectivity index (χ4v) is 2.75. The van der Waals surface area contributed by atoms with Gasteiger partial charge in [0.1, 0.15) is 0 Å². The molecule has 5 heteroatoms. The molecule has 0 aliphatic rings. The number of amides is 1. The SMILES string of the molecule is O=C(C=Cc1ccc(Cl)cc1)c1ccc(NC(=O)c2ccc(Br)cc2)cc1. The van der Waals surface area contributed by atoms with Crippen molar-refractivity contribution in [3.8, 4) is 0 Å². The van der Waals surface area contributed by atoms with E-state index in [0.717, 1.165) is 10.0 Å². The average Bonchev–Trinajstić information content (AvgIpc) is 2.68. The van der Waals surface area contributed by atoms with Gasteiger partial charge in [-0.1, -0.05) is 45.7 Å². The molecule has 0 spiro atoms. The van der Waals surface area contributed by atoms with Crippen molar-refractivity contribution in [3.63, 3.8) is 0 Å². The first-order valence-electron chi connectivity index (χ1n) is 8.16. The summed E-state index contributed by atoms with van der Waals surface area (Å²) in [6, 6.07) is 21.1. The highest BCUT2D eigenvalue weighted by Gasteiger charge is 2.07. The molecule has 27 heavy (non-hydrogen) atoms. The molecule has 0 heterocycles. The van der Waals surface area contributed by atoms with Crippen molar-refractivity contribution in [2.24, 2.45) is 0 Å². The van der Waals surface area contributed by atoms with Crippen LogP contribution in [0.25, 0.3) is 6.08 Å². The van der Waals surface area contributed by atoms with Gasteiger partial charge in [-0.2, -0.15) is 0 Å². The molecule has 0 saturated heterocycles. The zero-order valence-corrected chi connectivity index (χ0v) is 16.5. The summed E-state index contributed by atoms with van der Waals surface area (Å²) in [5, 5.41) is 3.46. The Morgan fingerprint density at radius 2 is 1.41 bits per heavy atom. The first-order chi connectivity index (χ1) is 13.0. The monoisotopic (exact) mass is 439 g/mol. The summed E-state index contributed by atoms with van der Waals surface area (Å²) in [6.07, 6.45) is 3.25. The Hall–Kier alpha value is -2.69. The van der Waals surface area contributed by atoms with Gasteiger partial charge in [0.05, 0.1) is 0 Å². The second kappa shape index (κ2) is 8.80. The van der Waals surface area contributed by atoms with E-state index in [2.05, 4.69) is 21.2 Å². The second-order valence-electron chi connectivity index (χ2n) is 5.79. The number of carbonyl (C=O) groups excluding carboxylic acids is 2. The van der Waals surface area contributed by atoms with E-state index >= 15 is 0 Å². The maximum absolute atomic E-state index is 12.3. The minimum atomic E-state index is -0.204. The Labute approximate surface area is 170 Å². The summed E-state index contributed by atoms with van der Waals surface area (Å²) in [6.45, 7) is 0. The van der Waals surface area contributed by atoms with E-state index in [1.807, 2.05) is 24.3 Å². The standard InChI is InChI=1S/C22H15BrClNO2/c23-18-8-4-17(5-9-18)22(27)25-20-12-6-16(7-13-20)21(26)14-3-15-1-10-19(24)11-2-15/h1-14H,(H,25,27). The summed E-state index contributed by atoms with van der Waals surface area (Å²) >= 11 is 9.18. The van der Waals surface area contributed by atoms with E-state index < -0.39 is 0 Å². The van der Waals surface area contributed by atoms with E-state index in [1.54, 1.807) is 54.6 Å². The van der Waals surface area contributed by atoms with Crippen LogP contribution in [-0.2, 0) is 0 Å². The fourth-order valence-electron chi connectivity index (χ4n) is 2.36. The number of carbonyl (C=O) groups is 2. The van der Waals surface area contributed by atoms with Crippen LogP contribution < -0.4 is 5.32 Å². The molecule has 0 saturated carbocycles. The van der Waals surface area contributed by atoms with E-state index in [0.29, 0.717) is 21.8 Å². The molecule has 0 aliphatic heterocycles. The molecule has 1 N–H and O–H groups in total. The minimum absolute atomic E-state index is 0.115. The third-order valence-electron chi connectivity index (χ3n) is 3.83. The Kier molecular flexibility index (Phi) is 6.22. The van der Waals surface area contributed by atoms with Crippen molar-refractivity contribution in [1.82, 2.24) is 0 Å². The van der Waals surface area contributed by atoms with E-state index in [-0.39, 0.29) is 11.7 Å². The van der Waals surface area contributed by atoms with Crippen LogP contribution in [0, 0.1) is 0 Å². The van der Waals surface area contributed by atoms with Crippen LogP contribution in [0.2, 0.25) is 5.02 Å². The van der Waals surface area contributed by atoms with Crippen LogP contribution in [0.1, 0.15) is 26.3 Å². The van der Waals surface area contributed by atoms with Crippen molar-refractivity contribution in [1.29, 1.82) is 0 Å². The normalized spacial score (nSPS) is 10.7. The highest BCUT2D eigenvalue weighted by Crippen LogP contribution is 2.15. The molecule has 0 aliphatic carbocycles. The van der Waals surface area contributed by atoms with Crippen LogP contribution >= 0.6 is 27.5 Å². The minimum Gasteiger partial charge on any atom is -0.322 e. The van der Waals surface area contributed by atoms with Crippen molar-refractivity contribution in [3.05, 3.63) is 105 Å². The first kappa shape index (κ1) is 19.1. The van der Waals surface area contributed by atoms with Crippen LogP contribution in [0.15, 0.2) is 83.3 Å². The predicted molar refractivity (Wildman–Crippen MR) is 113 cm³/mol. The number of halogens is 2. The zero-order valence-electron chi connectivity index (χ0n) is 14.2. The molecule has 0 atom stereocenters. The molecular formula is C22H15BrClNO2. The average molecular weight is 441 g/mol. The van der Waals surface area contributed by atoms with Gasteiger partial charge in [0.15, 0.2) is 5.78 Å². The molecule has 134 valence electrons. The van der Waals surface area contributed by atoms with Crippen molar-refractivity contribution in [2.75, 3.05) is 5.32 Å². The first-order valence-corrected chi connectivity index (χ1v) is 9.33. The molecule has 3 aromatic rings. The maximum atomic E-state index is 12.3. The van der Waals surface area contributed by atoms with Gasteiger partial charge >= 0.3 is 0 Å². The topological polar surface area (TPSA) is 46.2 Å². The van der Waals surface area contributed by atoms with E-state index in [4.69, 9.17) is 11.6 Å². The molecular weight excluding hydrogens is 426 g/mol. The van der Waals surface area contributed by atoms with Crippen molar-refractivity contribution < 1.29 is 9.59 Å². The fraction of sp³-hybridized carbons (Fsp3) is 0. The number of hydrogen-bond acceptors (Lipinski definition) is 2. The molecule has 1 amide bonds. The maximum Gasteiger partial charge on any atom is 0.255 e. The van der Waals surface area contributed by atoms with Gasteiger partial charge in [0, 0.05) is 26.3 Å². The van der Waals surface area contributed by atoms with Crippen LogP contribution in [-0.4, -0.2) is 11.7 Å². The van der Waals surface area contributed by atoms with Gasteiger partial charge in [-0.05, 0) is 72.3 Å². The smallest absolute Gasteiger partial charge is 0.255 e. The molecule has 3 nitrogen and oxygen atoms in total. The number of allylic oxidation sites excluding steroid dienone is 1. The Morgan fingerprint density at radius 1 is 0.815 bits per heavy atom. The summed E-state index contributed by atoms with van der Waals surface area (Å²) in [7, 11) is 0. The van der Waals surface area contributed by atoms with Crippen molar-refractivity contribution >= 4 is 51.0 Å². The van der Waals surface area contributed by atoms with Gasteiger partial charge in [0.2, 0.25) is 0 Å². The lowest BCUT2D eigenvalue weighted by Gasteiger charge is -2.06. The number of ketones is 1. The van der Waals surface area contributed by atoms with Gasteiger partial charge in [0.25, 0.3) is 5.91 Å². The lowest BCUT2D eigenvalue weighted by molar-refractivity contribution is 0.102. The summed E-state index contributed by atoms with van der Waals surface area (Å²) in [5.74, 6) is -0.319. The molecule has 0 bridgehead atoms. The third-order valence-corrected chi connectivity index (χ3v) is 4.61. The summed E-state index contributed by atoms with van der Waals surface area (Å²) in [4.78, 5) is 24.5. The Balaban J connectivity index is 1.64. The van der Waals surface area contributed by atoms with Crippen LogP contribution in [0.3, 0.4) is 0 Å². The van der Waals surface area contributed by atoms with Gasteiger partial charge < -0.3 is 5.32 Å². The highest BCUT2D eigenvalue weighted by molar-refractivity contribution is 9.10. The Bertz CT molecular complexity index is 978. The quantitative estimate of drug-likeness (QED) is 0.376. The lowest BCUT2D eigenvalue weighted by Crippen LogP contribution is -2.11. The van der Waals surface area contributed by atoms with Gasteiger partial charge in [-0.15, -0.1) is 0 Å². The zero-order chi connectivity index (χ0) is 19.2. The van der Waals surface area contributed by atoms with E-state index in [1.165, 1.54) is 6.08 Å². The number of nitrogens with one attached hydrogen (secondary N) is 1. The number of rotatable bonds is 5. The lowest BCUT2D eigenvalue weighted by atomic mass is 10.1. The van der Waals surface area contributed by atoms with Crippen molar-refractivity contribution in [2.45, 2.75) is 0 Å². The second-order valence-corrected chi connectivity index (χ2v) is 7.14. The molecule has 0 aromatic heterocycles. The molecule has 3 rings (SSSR count). The largest absolute Gasteiger partial charge is 0.322 e. The number of benzene rings is 3. The number of hydrogen-bond donors (Lipinski definition) is 1. The molecule has 0 fully saturated rings. The van der Waals surface area contributed by atoms with E-state index in [9.17, 15) is 9.59 Å². The summed E-state index contributed by atoms with van der Waals surface area (Å²) < 4.78 is 0.911. The Morgan fingerprint density at radius 3 is 2.04 bits per heavy atom. The molecule has 3 aromatic carbocycles. The third kappa shape index (κ3) is 5.39. The number of anilines is 1. The molecule has 0 radical (unpaired) electrons. The summed E-state index contributed by atoms with van der Waals surface area (Å²) in [5.41, 5.74) is 2.62. The molecule has 0 unspecified atom stereocenters. The highest BCUT2D eigenvalue weighted by atomic mass is 79.9. The van der Waals surface area contributed by atoms with Crippen LogP contribution in [0.5, 0.6) is 0 Å². The van der Waals surface area contributed by atoms with Gasteiger partial charge in [-0.25, -0.2) is 0 Å². The van der Waals surface area contributed by atoms with Crippen LogP contribution in [0.4, 0.5) is 5.69 Å². The van der Waals surface area contributed by atoms with Gasteiger partial charge in [-0.3, -0.25) is 9.59 Å². The predicted octanol–water partition coefficient (Wildman–Crippen LogP) is 6.25.